The van der Waals surface area contributed by atoms with Crippen molar-refractivity contribution in [3.63, 3.8) is 0 Å². The third kappa shape index (κ3) is 5.32. The molecule has 1 aromatic rings. The molecule has 0 aromatic heterocycles. The van der Waals surface area contributed by atoms with Crippen LogP contribution in [0.2, 0.25) is 0 Å². The number of nitrogens with one attached hydrogen (secondary N) is 1. The van der Waals surface area contributed by atoms with Crippen LogP contribution in [-0.2, 0) is 16.1 Å². The molecule has 2 amide bonds. The second-order valence-corrected chi connectivity index (χ2v) is 10.1. The summed E-state index contributed by atoms with van der Waals surface area (Å²) in [6.07, 6.45) is 1.74. The van der Waals surface area contributed by atoms with Crippen molar-refractivity contribution in [1.82, 2.24) is 15.1 Å². The Hall–Kier alpha value is -2.28. The molecule has 4 atom stereocenters. The first-order chi connectivity index (χ1) is 14.8. The first-order valence-electron chi connectivity index (χ1n) is 11.5. The SMILES string of the molecule is CC(C)(C)OC(=O)N1C[C@H]2CN(C(=O)OCc3ccccc3)C[C@H]2[C@@H]2CCCN[C@@H]2C1. The first kappa shape index (κ1) is 21.9. The van der Waals surface area contributed by atoms with Crippen LogP contribution in [0.1, 0.15) is 39.2 Å². The average Bonchev–Trinajstić information content (AvgIpc) is 3.08. The van der Waals surface area contributed by atoms with Crippen molar-refractivity contribution in [3.05, 3.63) is 35.9 Å². The lowest BCUT2D eigenvalue weighted by atomic mass is 9.77. The summed E-state index contributed by atoms with van der Waals surface area (Å²) >= 11 is 0. The van der Waals surface area contributed by atoms with Gasteiger partial charge in [-0.2, -0.15) is 0 Å². The topological polar surface area (TPSA) is 71.1 Å². The Morgan fingerprint density at radius 2 is 1.71 bits per heavy atom. The normalized spacial score (nSPS) is 28.4. The Balaban J connectivity index is 1.44. The van der Waals surface area contributed by atoms with Gasteiger partial charge in [-0.3, -0.25) is 0 Å². The number of likely N-dealkylation sites (tertiary alicyclic amines) is 2. The minimum atomic E-state index is -0.523. The highest BCUT2D eigenvalue weighted by Gasteiger charge is 2.47. The van der Waals surface area contributed by atoms with E-state index in [1.807, 2.05) is 60.9 Å². The molecule has 7 heteroatoms. The summed E-state index contributed by atoms with van der Waals surface area (Å²) in [4.78, 5) is 29.4. The van der Waals surface area contributed by atoms with Crippen LogP contribution in [0.5, 0.6) is 0 Å². The highest BCUT2D eigenvalue weighted by molar-refractivity contribution is 5.69. The number of ether oxygens (including phenoxy) is 2. The fourth-order valence-electron chi connectivity index (χ4n) is 5.30. The predicted octanol–water partition coefficient (Wildman–Crippen LogP) is 3.49. The lowest BCUT2D eigenvalue weighted by Gasteiger charge is -2.36. The van der Waals surface area contributed by atoms with E-state index in [4.69, 9.17) is 9.47 Å². The van der Waals surface area contributed by atoms with Crippen molar-refractivity contribution >= 4 is 12.2 Å². The Morgan fingerprint density at radius 1 is 1.00 bits per heavy atom. The van der Waals surface area contributed by atoms with Crippen molar-refractivity contribution in [1.29, 1.82) is 0 Å². The molecule has 3 fully saturated rings. The highest BCUT2D eigenvalue weighted by Crippen LogP contribution is 2.39. The number of piperidine rings is 1. The molecule has 0 saturated carbocycles. The van der Waals surface area contributed by atoms with E-state index < -0.39 is 5.60 Å². The fraction of sp³-hybridized carbons (Fsp3) is 0.667. The number of amides is 2. The second-order valence-electron chi connectivity index (χ2n) is 10.1. The average molecular weight is 430 g/mol. The quantitative estimate of drug-likeness (QED) is 0.779. The summed E-state index contributed by atoms with van der Waals surface area (Å²) in [5, 5.41) is 3.63. The number of rotatable bonds is 2. The minimum absolute atomic E-state index is 0.242. The molecular formula is C24H35N3O4. The molecule has 3 aliphatic heterocycles. The number of hydrogen-bond acceptors (Lipinski definition) is 5. The molecule has 1 N–H and O–H groups in total. The molecule has 170 valence electrons. The van der Waals surface area contributed by atoms with E-state index in [0.717, 1.165) is 24.9 Å². The maximum Gasteiger partial charge on any atom is 0.410 e. The smallest absolute Gasteiger partial charge is 0.410 e. The van der Waals surface area contributed by atoms with Crippen LogP contribution in [0.4, 0.5) is 9.59 Å². The van der Waals surface area contributed by atoms with E-state index in [1.54, 1.807) is 0 Å². The monoisotopic (exact) mass is 429 g/mol. The summed E-state index contributed by atoms with van der Waals surface area (Å²) in [5.74, 6) is 1.07. The zero-order chi connectivity index (χ0) is 22.0. The van der Waals surface area contributed by atoms with Gasteiger partial charge in [0.2, 0.25) is 0 Å². The van der Waals surface area contributed by atoms with Crippen molar-refractivity contribution < 1.29 is 19.1 Å². The Morgan fingerprint density at radius 3 is 2.42 bits per heavy atom. The Bertz CT molecular complexity index is 779. The third-order valence-corrected chi connectivity index (χ3v) is 6.67. The minimum Gasteiger partial charge on any atom is -0.445 e. The Labute approximate surface area is 185 Å². The van der Waals surface area contributed by atoms with Gasteiger partial charge in [-0.05, 0) is 63.5 Å². The summed E-state index contributed by atoms with van der Waals surface area (Å²) in [6, 6.07) is 9.99. The van der Waals surface area contributed by atoms with E-state index in [-0.39, 0.29) is 30.8 Å². The van der Waals surface area contributed by atoms with E-state index in [9.17, 15) is 9.59 Å². The summed E-state index contributed by atoms with van der Waals surface area (Å²) in [6.45, 7) is 9.56. The van der Waals surface area contributed by atoms with Gasteiger partial charge < -0.3 is 24.6 Å². The van der Waals surface area contributed by atoms with Crippen LogP contribution in [0.15, 0.2) is 30.3 Å². The van der Waals surface area contributed by atoms with Gasteiger partial charge in [0.05, 0.1) is 0 Å². The maximum atomic E-state index is 12.9. The molecule has 0 aliphatic carbocycles. The third-order valence-electron chi connectivity index (χ3n) is 6.67. The van der Waals surface area contributed by atoms with Crippen molar-refractivity contribution in [2.24, 2.45) is 17.8 Å². The molecule has 1 aromatic carbocycles. The molecule has 0 spiro atoms. The summed E-state index contributed by atoms with van der Waals surface area (Å²) in [7, 11) is 0. The van der Waals surface area contributed by atoms with Gasteiger partial charge in [0, 0.05) is 32.2 Å². The second kappa shape index (κ2) is 9.07. The van der Waals surface area contributed by atoms with Crippen LogP contribution < -0.4 is 5.32 Å². The zero-order valence-electron chi connectivity index (χ0n) is 18.9. The molecule has 0 unspecified atom stereocenters. The molecule has 0 radical (unpaired) electrons. The van der Waals surface area contributed by atoms with Gasteiger partial charge >= 0.3 is 12.2 Å². The van der Waals surface area contributed by atoms with Crippen molar-refractivity contribution in [2.45, 2.75) is 51.9 Å². The first-order valence-corrected chi connectivity index (χ1v) is 11.5. The molecule has 31 heavy (non-hydrogen) atoms. The van der Waals surface area contributed by atoms with Crippen LogP contribution in [0.3, 0.4) is 0 Å². The molecule has 3 heterocycles. The van der Waals surface area contributed by atoms with E-state index in [2.05, 4.69) is 5.32 Å². The maximum absolute atomic E-state index is 12.9. The predicted molar refractivity (Wildman–Crippen MR) is 118 cm³/mol. The van der Waals surface area contributed by atoms with Crippen molar-refractivity contribution in [3.8, 4) is 0 Å². The fourth-order valence-corrected chi connectivity index (χ4v) is 5.30. The van der Waals surface area contributed by atoms with Gasteiger partial charge in [-0.25, -0.2) is 9.59 Å². The number of fused-ring (bicyclic) bond motifs is 3. The van der Waals surface area contributed by atoms with Crippen LogP contribution in [-0.4, -0.2) is 66.4 Å². The van der Waals surface area contributed by atoms with Gasteiger partial charge in [0.15, 0.2) is 0 Å². The molecule has 4 rings (SSSR count). The number of nitrogens with zero attached hydrogens (tertiary/aromatic N) is 2. The number of carbonyl (C=O) groups is 2. The molecule has 0 bridgehead atoms. The lowest BCUT2D eigenvalue weighted by molar-refractivity contribution is 0.0214. The lowest BCUT2D eigenvalue weighted by Crippen LogP contribution is -2.51. The highest BCUT2D eigenvalue weighted by atomic mass is 16.6. The molecule has 3 aliphatic rings. The van der Waals surface area contributed by atoms with Gasteiger partial charge in [0.25, 0.3) is 0 Å². The van der Waals surface area contributed by atoms with Crippen molar-refractivity contribution in [2.75, 3.05) is 32.7 Å². The van der Waals surface area contributed by atoms with Crippen LogP contribution >= 0.6 is 0 Å². The standard InChI is InChI=1S/C24H35N3O4/c1-24(2,3)31-23(29)27-13-18-12-26(22(28)30-16-17-8-5-4-6-9-17)14-20(18)19-10-7-11-25-21(19)15-27/h4-6,8-9,18-21,25H,7,10-16H2,1-3H3/t18-,19+,20-,21-/m1/s1. The van der Waals surface area contributed by atoms with Gasteiger partial charge in [-0.1, -0.05) is 30.3 Å². The number of benzene rings is 1. The van der Waals surface area contributed by atoms with Crippen LogP contribution in [0.25, 0.3) is 0 Å². The number of carbonyl (C=O) groups excluding carboxylic acids is 2. The molecule has 7 nitrogen and oxygen atoms in total. The van der Waals surface area contributed by atoms with Gasteiger partial charge in [-0.15, -0.1) is 0 Å². The van der Waals surface area contributed by atoms with E-state index >= 15 is 0 Å². The number of hydrogen-bond donors (Lipinski definition) is 1. The summed E-state index contributed by atoms with van der Waals surface area (Å²) in [5.41, 5.74) is 0.461. The van der Waals surface area contributed by atoms with Crippen LogP contribution in [0, 0.1) is 17.8 Å². The molecular weight excluding hydrogens is 394 g/mol. The van der Waals surface area contributed by atoms with E-state index in [1.165, 1.54) is 0 Å². The molecule has 3 saturated heterocycles. The largest absolute Gasteiger partial charge is 0.445 e. The van der Waals surface area contributed by atoms with Gasteiger partial charge in [0.1, 0.15) is 12.2 Å². The zero-order valence-corrected chi connectivity index (χ0v) is 18.9. The Kier molecular flexibility index (Phi) is 6.42. The summed E-state index contributed by atoms with van der Waals surface area (Å²) < 4.78 is 11.3. The van der Waals surface area contributed by atoms with E-state index in [0.29, 0.717) is 38.0 Å².